The molecule has 0 fully saturated rings. The molecule has 1 aromatic carbocycles. The number of rotatable bonds is 2. The Hall–Kier alpha value is -2.60. The largest absolute Gasteiger partial charge is 0.302 e. The topological polar surface area (TPSA) is 41.1 Å². The Kier molecular flexibility index (Phi) is 3.46. The van der Waals surface area contributed by atoms with Crippen LogP contribution in [0.4, 0.5) is 0 Å². The highest BCUT2D eigenvalue weighted by atomic mass is 15.0. The summed E-state index contributed by atoms with van der Waals surface area (Å²) in [6, 6.07) is 12.8. The van der Waals surface area contributed by atoms with E-state index in [9.17, 15) is 5.26 Å². The van der Waals surface area contributed by atoms with Crippen LogP contribution in [0.1, 0.15) is 35.2 Å². The third-order valence-corrected chi connectivity index (χ3v) is 4.12. The Morgan fingerprint density at radius 1 is 1.14 bits per heavy atom. The normalized spacial score (nSPS) is 12.3. The molecule has 0 N–H and O–H groups in total. The Bertz CT molecular complexity index is 897. The van der Waals surface area contributed by atoms with Gasteiger partial charge in [0.05, 0.1) is 23.4 Å². The van der Waals surface area contributed by atoms with Gasteiger partial charge >= 0.3 is 0 Å². The van der Waals surface area contributed by atoms with Crippen molar-refractivity contribution >= 4 is 5.65 Å². The first-order valence-corrected chi connectivity index (χ1v) is 7.47. The number of hydrogen-bond acceptors (Lipinski definition) is 2. The molecule has 0 amide bonds. The zero-order chi connectivity index (χ0) is 15.9. The lowest BCUT2D eigenvalue weighted by molar-refractivity contribution is 0.898. The van der Waals surface area contributed by atoms with Crippen molar-refractivity contribution in [2.24, 2.45) is 0 Å². The molecule has 1 unspecified atom stereocenters. The third-order valence-electron chi connectivity index (χ3n) is 4.12. The van der Waals surface area contributed by atoms with Crippen molar-refractivity contribution in [1.29, 1.82) is 5.26 Å². The van der Waals surface area contributed by atoms with Crippen LogP contribution < -0.4 is 0 Å². The molecule has 3 rings (SSSR count). The van der Waals surface area contributed by atoms with Crippen molar-refractivity contribution in [3.63, 3.8) is 0 Å². The summed E-state index contributed by atoms with van der Waals surface area (Å²) < 4.78 is 2.05. The van der Waals surface area contributed by atoms with Gasteiger partial charge in [0.25, 0.3) is 0 Å². The lowest BCUT2D eigenvalue weighted by Gasteiger charge is -2.09. The molecule has 110 valence electrons. The smallest absolute Gasteiger partial charge is 0.140 e. The van der Waals surface area contributed by atoms with Gasteiger partial charge in [-0.3, -0.25) is 0 Å². The highest BCUT2D eigenvalue weighted by molar-refractivity contribution is 5.72. The summed E-state index contributed by atoms with van der Waals surface area (Å²) in [6.07, 6.45) is 1.99. The molecule has 0 aliphatic heterocycles. The second kappa shape index (κ2) is 5.31. The van der Waals surface area contributed by atoms with E-state index in [1.165, 1.54) is 11.1 Å². The minimum atomic E-state index is -0.215. The van der Waals surface area contributed by atoms with Crippen LogP contribution in [0, 0.1) is 32.1 Å². The van der Waals surface area contributed by atoms with Gasteiger partial charge in [-0.1, -0.05) is 29.8 Å². The molecule has 0 radical (unpaired) electrons. The van der Waals surface area contributed by atoms with Crippen LogP contribution in [-0.2, 0) is 0 Å². The molecule has 0 saturated heterocycles. The number of nitrogens with zero attached hydrogens (tertiary/aromatic N) is 3. The molecule has 3 aromatic rings. The van der Waals surface area contributed by atoms with Gasteiger partial charge in [-0.25, -0.2) is 4.98 Å². The Morgan fingerprint density at radius 2 is 1.91 bits per heavy atom. The Labute approximate surface area is 130 Å². The van der Waals surface area contributed by atoms with E-state index in [0.29, 0.717) is 0 Å². The number of imidazole rings is 1. The van der Waals surface area contributed by atoms with E-state index in [-0.39, 0.29) is 5.92 Å². The van der Waals surface area contributed by atoms with Gasteiger partial charge < -0.3 is 4.40 Å². The van der Waals surface area contributed by atoms with Crippen LogP contribution in [0.3, 0.4) is 0 Å². The number of hydrogen-bond donors (Lipinski definition) is 0. The minimum absolute atomic E-state index is 0.215. The van der Waals surface area contributed by atoms with Crippen LogP contribution in [0.2, 0.25) is 0 Å². The second-order valence-electron chi connectivity index (χ2n) is 5.90. The van der Waals surface area contributed by atoms with Gasteiger partial charge in [-0.05, 0) is 44.9 Å². The average Bonchev–Trinajstić information content (AvgIpc) is 2.87. The van der Waals surface area contributed by atoms with Crippen molar-refractivity contribution in [1.82, 2.24) is 9.38 Å². The molecule has 1 atom stereocenters. The lowest BCUT2D eigenvalue weighted by Crippen LogP contribution is -1.99. The molecule has 0 aliphatic rings. The van der Waals surface area contributed by atoms with Gasteiger partial charge in [0.15, 0.2) is 0 Å². The number of pyridine rings is 1. The van der Waals surface area contributed by atoms with E-state index in [0.717, 1.165) is 28.2 Å². The van der Waals surface area contributed by atoms with Crippen molar-refractivity contribution < 1.29 is 0 Å². The summed E-state index contributed by atoms with van der Waals surface area (Å²) in [5, 5.41) is 9.43. The first-order chi connectivity index (χ1) is 10.5. The molecule has 0 aliphatic carbocycles. The van der Waals surface area contributed by atoms with Crippen LogP contribution in [-0.4, -0.2) is 9.38 Å². The highest BCUT2D eigenvalue weighted by Crippen LogP contribution is 2.32. The zero-order valence-electron chi connectivity index (χ0n) is 13.4. The summed E-state index contributed by atoms with van der Waals surface area (Å²) in [4.78, 5) is 4.85. The average molecular weight is 289 g/mol. The number of benzene rings is 1. The summed E-state index contributed by atoms with van der Waals surface area (Å²) in [6.45, 7) is 8.16. The monoisotopic (exact) mass is 289 g/mol. The summed E-state index contributed by atoms with van der Waals surface area (Å²) in [5.41, 5.74) is 7.45. The van der Waals surface area contributed by atoms with E-state index in [1.54, 1.807) is 0 Å². The summed E-state index contributed by atoms with van der Waals surface area (Å²) in [5.74, 6) is -0.215. The molecular weight excluding hydrogens is 270 g/mol. The maximum absolute atomic E-state index is 9.43. The molecule has 2 aromatic heterocycles. The first kappa shape index (κ1) is 14.3. The van der Waals surface area contributed by atoms with Gasteiger partial charge in [0.1, 0.15) is 5.65 Å². The van der Waals surface area contributed by atoms with E-state index in [4.69, 9.17) is 4.98 Å². The van der Waals surface area contributed by atoms with E-state index < -0.39 is 0 Å². The van der Waals surface area contributed by atoms with Crippen molar-refractivity contribution in [3.05, 3.63) is 58.9 Å². The number of fused-ring (bicyclic) bond motifs is 1. The predicted molar refractivity (Wildman–Crippen MR) is 88.9 cm³/mol. The van der Waals surface area contributed by atoms with Crippen molar-refractivity contribution in [3.8, 4) is 17.3 Å². The predicted octanol–water partition coefficient (Wildman–Crippen LogP) is 4.55. The molecule has 3 heteroatoms. The van der Waals surface area contributed by atoms with E-state index in [1.807, 2.05) is 19.2 Å². The maximum atomic E-state index is 9.43. The molecule has 0 bridgehead atoms. The van der Waals surface area contributed by atoms with Gasteiger partial charge in [0.2, 0.25) is 0 Å². The number of aryl methyl sites for hydroxylation is 3. The molecule has 2 heterocycles. The minimum Gasteiger partial charge on any atom is -0.302 e. The molecular formula is C19H19N3. The SMILES string of the molecule is Cc1ccc(-c2nc3c(C)cccn3c2C(C)C#N)c(C)c1. The lowest BCUT2D eigenvalue weighted by atomic mass is 9.98. The fraction of sp³-hybridized carbons (Fsp3) is 0.263. The van der Waals surface area contributed by atoms with Gasteiger partial charge in [0, 0.05) is 11.8 Å². The molecule has 0 spiro atoms. The fourth-order valence-electron chi connectivity index (χ4n) is 2.97. The standard InChI is InChI=1S/C19H19N3/c1-12-7-8-16(14(3)10-12)17-18(15(4)11-20)22-9-5-6-13(2)19(22)21-17/h5-10,15H,1-4H3. The van der Waals surface area contributed by atoms with Gasteiger partial charge in [-0.15, -0.1) is 0 Å². The van der Waals surface area contributed by atoms with Crippen molar-refractivity contribution in [2.45, 2.75) is 33.6 Å². The van der Waals surface area contributed by atoms with Crippen LogP contribution in [0.15, 0.2) is 36.5 Å². The van der Waals surface area contributed by atoms with Crippen LogP contribution >= 0.6 is 0 Å². The Morgan fingerprint density at radius 3 is 2.59 bits per heavy atom. The van der Waals surface area contributed by atoms with Crippen LogP contribution in [0.25, 0.3) is 16.9 Å². The highest BCUT2D eigenvalue weighted by Gasteiger charge is 2.20. The number of aromatic nitrogens is 2. The zero-order valence-corrected chi connectivity index (χ0v) is 13.4. The maximum Gasteiger partial charge on any atom is 0.140 e. The summed E-state index contributed by atoms with van der Waals surface area (Å²) in [7, 11) is 0. The molecule has 22 heavy (non-hydrogen) atoms. The summed E-state index contributed by atoms with van der Waals surface area (Å²) >= 11 is 0. The third kappa shape index (κ3) is 2.17. The quantitative estimate of drug-likeness (QED) is 0.694. The van der Waals surface area contributed by atoms with E-state index >= 15 is 0 Å². The van der Waals surface area contributed by atoms with E-state index in [2.05, 4.69) is 55.5 Å². The molecule has 0 saturated carbocycles. The van der Waals surface area contributed by atoms with Gasteiger partial charge in [-0.2, -0.15) is 5.26 Å². The first-order valence-electron chi connectivity index (χ1n) is 7.47. The van der Waals surface area contributed by atoms with Crippen molar-refractivity contribution in [2.75, 3.05) is 0 Å². The number of nitriles is 1. The van der Waals surface area contributed by atoms with Crippen LogP contribution in [0.5, 0.6) is 0 Å². The fourth-order valence-corrected chi connectivity index (χ4v) is 2.97. The Balaban J connectivity index is 2.38. The second-order valence-corrected chi connectivity index (χ2v) is 5.90. The molecule has 3 nitrogen and oxygen atoms in total.